The molecule has 18 heavy (non-hydrogen) atoms. The minimum Gasteiger partial charge on any atom is -0.354 e. The summed E-state index contributed by atoms with van der Waals surface area (Å²) in [5.74, 6) is 1.35. The Morgan fingerprint density at radius 1 is 1.44 bits per heavy atom. The van der Waals surface area contributed by atoms with Gasteiger partial charge in [-0.2, -0.15) is 0 Å². The number of nitrogens with one attached hydrogen (secondary N) is 1. The monoisotopic (exact) mass is 267 g/mol. The molecular weight excluding hydrogens is 242 g/mol. The Morgan fingerprint density at radius 3 is 2.89 bits per heavy atom. The molecule has 1 aromatic heterocycles. The summed E-state index contributed by atoms with van der Waals surface area (Å²) in [5, 5.41) is 4.75. The lowest BCUT2D eigenvalue weighted by Gasteiger charge is -2.21. The highest BCUT2D eigenvalue weighted by molar-refractivity contribution is 7.15. The average Bonchev–Trinajstić information content (AvgIpc) is 2.73. The average molecular weight is 267 g/mol. The van der Waals surface area contributed by atoms with Gasteiger partial charge in [-0.05, 0) is 31.7 Å². The molecule has 102 valence electrons. The molecule has 3 nitrogen and oxygen atoms in total. The molecule has 1 aliphatic rings. The maximum absolute atomic E-state index is 4.83. The number of rotatable bonds is 5. The van der Waals surface area contributed by atoms with E-state index in [0.29, 0.717) is 5.92 Å². The van der Waals surface area contributed by atoms with Gasteiger partial charge in [-0.15, -0.1) is 11.3 Å². The van der Waals surface area contributed by atoms with Crippen LogP contribution in [0.1, 0.15) is 43.2 Å². The van der Waals surface area contributed by atoms with Gasteiger partial charge in [-0.25, -0.2) is 4.98 Å². The van der Waals surface area contributed by atoms with E-state index in [1.165, 1.54) is 29.8 Å². The fraction of sp³-hybridized carbons (Fsp3) is 0.786. The first kappa shape index (κ1) is 13.8. The summed E-state index contributed by atoms with van der Waals surface area (Å²) in [4.78, 5) is 8.48. The lowest BCUT2D eigenvalue weighted by Crippen LogP contribution is -2.27. The molecule has 0 aliphatic heterocycles. The third kappa shape index (κ3) is 3.23. The van der Waals surface area contributed by atoms with Crippen molar-refractivity contribution >= 4 is 16.5 Å². The molecule has 0 spiro atoms. The topological polar surface area (TPSA) is 28.2 Å². The van der Waals surface area contributed by atoms with Gasteiger partial charge < -0.3 is 10.2 Å². The molecule has 1 aliphatic carbocycles. The molecule has 1 N–H and O–H groups in total. The van der Waals surface area contributed by atoms with Crippen molar-refractivity contribution in [1.29, 1.82) is 0 Å². The van der Waals surface area contributed by atoms with Crippen LogP contribution in [0, 0.1) is 5.92 Å². The SMILES string of the molecule is CC(C)CNCC1CCCc2sc(N(C)C)nc21. The van der Waals surface area contributed by atoms with Gasteiger partial charge >= 0.3 is 0 Å². The predicted octanol–water partition coefficient (Wildman–Crippen LogP) is 2.87. The zero-order valence-electron chi connectivity index (χ0n) is 12.0. The van der Waals surface area contributed by atoms with Crippen LogP contribution >= 0.6 is 11.3 Å². The van der Waals surface area contributed by atoms with Crippen LogP contribution in [-0.2, 0) is 6.42 Å². The third-order valence-corrected chi connectivity index (χ3v) is 4.68. The zero-order chi connectivity index (χ0) is 13.1. The van der Waals surface area contributed by atoms with Gasteiger partial charge in [0, 0.05) is 31.4 Å². The number of aryl methyl sites for hydroxylation is 1. The number of hydrogen-bond donors (Lipinski definition) is 1. The minimum atomic E-state index is 0.623. The van der Waals surface area contributed by atoms with E-state index in [-0.39, 0.29) is 0 Å². The summed E-state index contributed by atoms with van der Waals surface area (Å²) in [6.45, 7) is 6.71. The van der Waals surface area contributed by atoms with Crippen molar-refractivity contribution in [2.75, 3.05) is 32.1 Å². The van der Waals surface area contributed by atoms with Crippen molar-refractivity contribution in [3.8, 4) is 0 Å². The molecule has 1 unspecified atom stereocenters. The van der Waals surface area contributed by atoms with Gasteiger partial charge in [-0.3, -0.25) is 0 Å². The molecule has 0 amide bonds. The fourth-order valence-electron chi connectivity index (χ4n) is 2.43. The molecule has 4 heteroatoms. The molecule has 1 atom stereocenters. The number of hydrogen-bond acceptors (Lipinski definition) is 4. The second-order valence-electron chi connectivity index (χ2n) is 5.84. The van der Waals surface area contributed by atoms with Crippen LogP contribution in [0.15, 0.2) is 0 Å². The number of aromatic nitrogens is 1. The molecule has 0 saturated heterocycles. The van der Waals surface area contributed by atoms with E-state index in [1.54, 1.807) is 0 Å². The van der Waals surface area contributed by atoms with Gasteiger partial charge in [0.2, 0.25) is 0 Å². The van der Waals surface area contributed by atoms with Crippen molar-refractivity contribution in [1.82, 2.24) is 10.3 Å². The number of anilines is 1. The van der Waals surface area contributed by atoms with Crippen LogP contribution in [0.5, 0.6) is 0 Å². The Morgan fingerprint density at radius 2 is 2.22 bits per heavy atom. The molecule has 0 aromatic carbocycles. The Labute approximate surface area is 115 Å². The van der Waals surface area contributed by atoms with Crippen molar-refractivity contribution in [2.24, 2.45) is 5.92 Å². The minimum absolute atomic E-state index is 0.623. The smallest absolute Gasteiger partial charge is 0.185 e. The largest absolute Gasteiger partial charge is 0.354 e. The maximum atomic E-state index is 4.83. The second kappa shape index (κ2) is 6.02. The van der Waals surface area contributed by atoms with Gasteiger partial charge in [0.25, 0.3) is 0 Å². The summed E-state index contributed by atoms with van der Waals surface area (Å²) in [5.41, 5.74) is 1.37. The normalized spacial score (nSPS) is 19.1. The van der Waals surface area contributed by atoms with E-state index in [9.17, 15) is 0 Å². The van der Waals surface area contributed by atoms with Gasteiger partial charge in [0.15, 0.2) is 5.13 Å². The molecule has 0 fully saturated rings. The number of fused-ring (bicyclic) bond motifs is 1. The van der Waals surface area contributed by atoms with Crippen LogP contribution in [0.4, 0.5) is 5.13 Å². The summed E-state index contributed by atoms with van der Waals surface area (Å²) in [7, 11) is 4.16. The Bertz CT molecular complexity index is 384. The summed E-state index contributed by atoms with van der Waals surface area (Å²) >= 11 is 1.87. The van der Waals surface area contributed by atoms with Gasteiger partial charge in [0.05, 0.1) is 5.69 Å². The van der Waals surface area contributed by atoms with E-state index < -0.39 is 0 Å². The van der Waals surface area contributed by atoms with Crippen LogP contribution < -0.4 is 10.2 Å². The first-order valence-electron chi connectivity index (χ1n) is 6.95. The number of thiazole rings is 1. The fourth-order valence-corrected chi connectivity index (χ4v) is 3.54. The quantitative estimate of drug-likeness (QED) is 0.889. The number of nitrogens with zero attached hydrogens (tertiary/aromatic N) is 2. The van der Waals surface area contributed by atoms with Gasteiger partial charge in [-0.1, -0.05) is 13.8 Å². The standard InChI is InChI=1S/C14H25N3S/c1-10(2)8-15-9-11-6-5-7-12-13(11)16-14(18-12)17(3)4/h10-11,15H,5-9H2,1-4H3. The van der Waals surface area contributed by atoms with Crippen molar-refractivity contribution in [3.63, 3.8) is 0 Å². The van der Waals surface area contributed by atoms with Crippen molar-refractivity contribution < 1.29 is 0 Å². The molecule has 0 radical (unpaired) electrons. The molecule has 1 aromatic rings. The van der Waals surface area contributed by atoms with Gasteiger partial charge in [0.1, 0.15) is 0 Å². The highest BCUT2D eigenvalue weighted by Gasteiger charge is 2.24. The van der Waals surface area contributed by atoms with Crippen LogP contribution in [0.3, 0.4) is 0 Å². The second-order valence-corrected chi connectivity index (χ2v) is 6.90. The highest BCUT2D eigenvalue weighted by Crippen LogP contribution is 2.37. The van der Waals surface area contributed by atoms with Crippen LogP contribution in [0.2, 0.25) is 0 Å². The first-order chi connectivity index (χ1) is 8.58. The van der Waals surface area contributed by atoms with Crippen molar-refractivity contribution in [3.05, 3.63) is 10.6 Å². The lowest BCUT2D eigenvalue weighted by atomic mass is 9.91. The van der Waals surface area contributed by atoms with E-state index in [0.717, 1.165) is 24.1 Å². The van der Waals surface area contributed by atoms with Crippen molar-refractivity contribution in [2.45, 2.75) is 39.0 Å². The van der Waals surface area contributed by atoms with E-state index >= 15 is 0 Å². The summed E-state index contributed by atoms with van der Waals surface area (Å²) in [6.07, 6.45) is 3.83. The van der Waals surface area contributed by atoms with Crippen LogP contribution in [-0.4, -0.2) is 32.2 Å². The first-order valence-corrected chi connectivity index (χ1v) is 7.77. The van der Waals surface area contributed by atoms with Crippen LogP contribution in [0.25, 0.3) is 0 Å². The molecular formula is C14H25N3S. The molecule has 2 rings (SSSR count). The van der Waals surface area contributed by atoms with E-state index in [2.05, 4.69) is 38.2 Å². The molecule has 0 bridgehead atoms. The maximum Gasteiger partial charge on any atom is 0.185 e. The Kier molecular flexibility index (Phi) is 4.62. The van der Waals surface area contributed by atoms with E-state index in [1.807, 2.05) is 11.3 Å². The summed E-state index contributed by atoms with van der Waals surface area (Å²) in [6, 6.07) is 0. The van der Waals surface area contributed by atoms with E-state index in [4.69, 9.17) is 4.98 Å². The predicted molar refractivity (Wildman–Crippen MR) is 79.8 cm³/mol. The highest BCUT2D eigenvalue weighted by atomic mass is 32.1. The zero-order valence-corrected chi connectivity index (χ0v) is 12.8. The third-order valence-electron chi connectivity index (χ3n) is 3.39. The Hall–Kier alpha value is -0.610. The molecule has 1 heterocycles. The Balaban J connectivity index is 2.03. The molecule has 0 saturated carbocycles. The lowest BCUT2D eigenvalue weighted by molar-refractivity contribution is 0.473. The summed E-state index contributed by atoms with van der Waals surface area (Å²) < 4.78 is 0.